The van der Waals surface area contributed by atoms with Gasteiger partial charge in [0.15, 0.2) is 11.6 Å². The lowest BCUT2D eigenvalue weighted by molar-refractivity contribution is 0.0241. The molecule has 3 rings (SSSR count). The predicted molar refractivity (Wildman–Crippen MR) is 76.0 cm³/mol. The SMILES string of the molecule is OB(O)c1cnc2cc(F)c(OC3CCOCC3)cc2c1. The number of halogens is 1. The third kappa shape index (κ3) is 3.15. The van der Waals surface area contributed by atoms with Gasteiger partial charge in [-0.1, -0.05) is 6.07 Å². The van der Waals surface area contributed by atoms with Crippen LogP contribution < -0.4 is 10.2 Å². The number of pyridine rings is 1. The second-order valence-electron chi connectivity index (χ2n) is 5.05. The Kier molecular flexibility index (Phi) is 4.05. The molecule has 0 amide bonds. The maximum atomic E-state index is 14.0. The van der Waals surface area contributed by atoms with E-state index in [1.807, 2.05) is 0 Å². The van der Waals surface area contributed by atoms with Crippen molar-refractivity contribution in [2.75, 3.05) is 13.2 Å². The van der Waals surface area contributed by atoms with Crippen molar-refractivity contribution in [3.8, 4) is 5.75 Å². The van der Waals surface area contributed by atoms with Crippen molar-refractivity contribution >= 4 is 23.5 Å². The minimum absolute atomic E-state index is 0.0646. The molecule has 0 unspecified atom stereocenters. The third-order valence-corrected chi connectivity index (χ3v) is 3.52. The van der Waals surface area contributed by atoms with Crippen molar-refractivity contribution in [1.29, 1.82) is 0 Å². The van der Waals surface area contributed by atoms with Crippen LogP contribution >= 0.6 is 0 Å². The molecule has 1 aliphatic rings. The second kappa shape index (κ2) is 5.97. The number of ether oxygens (including phenoxy) is 2. The smallest absolute Gasteiger partial charge is 0.487 e. The lowest BCUT2D eigenvalue weighted by Crippen LogP contribution is -2.30. The Morgan fingerprint density at radius 3 is 2.71 bits per heavy atom. The number of hydrogen-bond acceptors (Lipinski definition) is 5. The van der Waals surface area contributed by atoms with Crippen LogP contribution in [0.2, 0.25) is 0 Å². The molecule has 110 valence electrons. The summed E-state index contributed by atoms with van der Waals surface area (Å²) in [4.78, 5) is 4.02. The molecule has 2 aromatic rings. The van der Waals surface area contributed by atoms with Gasteiger partial charge in [-0.25, -0.2) is 4.39 Å². The van der Waals surface area contributed by atoms with Gasteiger partial charge >= 0.3 is 7.12 Å². The first-order valence-corrected chi connectivity index (χ1v) is 6.83. The fourth-order valence-electron chi connectivity index (χ4n) is 2.35. The van der Waals surface area contributed by atoms with E-state index in [0.717, 1.165) is 12.8 Å². The highest BCUT2D eigenvalue weighted by atomic mass is 19.1. The summed E-state index contributed by atoms with van der Waals surface area (Å²) < 4.78 is 25.0. The topological polar surface area (TPSA) is 71.8 Å². The van der Waals surface area contributed by atoms with E-state index in [1.54, 1.807) is 12.1 Å². The first-order valence-electron chi connectivity index (χ1n) is 6.83. The molecule has 0 bridgehead atoms. The van der Waals surface area contributed by atoms with Gasteiger partial charge < -0.3 is 19.5 Å². The van der Waals surface area contributed by atoms with E-state index >= 15 is 0 Å². The van der Waals surface area contributed by atoms with Gasteiger partial charge in [-0.3, -0.25) is 4.98 Å². The number of hydrogen-bond donors (Lipinski definition) is 2. The minimum Gasteiger partial charge on any atom is -0.487 e. The highest BCUT2D eigenvalue weighted by molar-refractivity contribution is 6.58. The van der Waals surface area contributed by atoms with E-state index in [9.17, 15) is 4.39 Å². The van der Waals surface area contributed by atoms with E-state index in [4.69, 9.17) is 19.5 Å². The maximum absolute atomic E-state index is 14.0. The van der Waals surface area contributed by atoms with E-state index in [2.05, 4.69) is 4.98 Å². The van der Waals surface area contributed by atoms with Crippen LogP contribution in [-0.2, 0) is 4.74 Å². The molecule has 21 heavy (non-hydrogen) atoms. The summed E-state index contributed by atoms with van der Waals surface area (Å²) in [6.07, 6.45) is 2.70. The summed E-state index contributed by atoms with van der Waals surface area (Å²) in [5.41, 5.74) is 0.697. The molecule has 5 nitrogen and oxygen atoms in total. The summed E-state index contributed by atoms with van der Waals surface area (Å²) in [7, 11) is -1.60. The highest BCUT2D eigenvalue weighted by Gasteiger charge is 2.18. The zero-order valence-corrected chi connectivity index (χ0v) is 11.3. The number of benzene rings is 1. The number of rotatable bonds is 3. The minimum atomic E-state index is -1.60. The monoisotopic (exact) mass is 291 g/mol. The summed E-state index contributed by atoms with van der Waals surface area (Å²) in [5.74, 6) is -0.320. The first-order chi connectivity index (χ1) is 10.1. The largest absolute Gasteiger partial charge is 0.490 e. The molecule has 7 heteroatoms. The van der Waals surface area contributed by atoms with Gasteiger partial charge in [0.25, 0.3) is 0 Å². The molecule has 1 aliphatic heterocycles. The quantitative estimate of drug-likeness (QED) is 0.811. The van der Waals surface area contributed by atoms with Gasteiger partial charge in [0.05, 0.1) is 18.7 Å². The average Bonchev–Trinajstić information content (AvgIpc) is 2.48. The van der Waals surface area contributed by atoms with Crippen LogP contribution in [0, 0.1) is 5.82 Å². The van der Waals surface area contributed by atoms with Gasteiger partial charge in [0.1, 0.15) is 6.10 Å². The molecular formula is C14H15BFNO4. The van der Waals surface area contributed by atoms with Crippen LogP contribution in [0.3, 0.4) is 0 Å². The molecule has 0 aliphatic carbocycles. The molecular weight excluding hydrogens is 276 g/mol. The van der Waals surface area contributed by atoms with Crippen molar-refractivity contribution in [2.24, 2.45) is 0 Å². The number of nitrogens with zero attached hydrogens (tertiary/aromatic N) is 1. The fourth-order valence-corrected chi connectivity index (χ4v) is 2.35. The molecule has 1 aromatic heterocycles. The summed E-state index contributed by atoms with van der Waals surface area (Å²) >= 11 is 0. The molecule has 0 atom stereocenters. The van der Waals surface area contributed by atoms with Gasteiger partial charge in [-0.2, -0.15) is 0 Å². The Hall–Kier alpha value is -1.70. The second-order valence-corrected chi connectivity index (χ2v) is 5.05. The van der Waals surface area contributed by atoms with Gasteiger partial charge in [-0.05, 0) is 6.07 Å². The molecule has 2 N–H and O–H groups in total. The molecule has 1 aromatic carbocycles. The summed E-state index contributed by atoms with van der Waals surface area (Å²) in [6.45, 7) is 1.23. The lowest BCUT2D eigenvalue weighted by atomic mass is 9.81. The normalized spacial score (nSPS) is 16.1. The van der Waals surface area contributed by atoms with E-state index in [1.165, 1.54) is 12.3 Å². The van der Waals surface area contributed by atoms with Crippen molar-refractivity contribution in [2.45, 2.75) is 18.9 Å². The van der Waals surface area contributed by atoms with E-state index in [0.29, 0.717) is 24.1 Å². The van der Waals surface area contributed by atoms with Crippen molar-refractivity contribution < 1.29 is 23.9 Å². The predicted octanol–water partition coefficient (Wildman–Crippen LogP) is 0.611. The lowest BCUT2D eigenvalue weighted by Gasteiger charge is -2.23. The van der Waals surface area contributed by atoms with Gasteiger partial charge in [0.2, 0.25) is 0 Å². The Morgan fingerprint density at radius 2 is 2.00 bits per heavy atom. The standard InChI is InChI=1S/C14H15BFNO4/c16-12-7-13-9(5-10(8-17-13)15(18)19)6-14(12)21-11-1-3-20-4-2-11/h5-8,11,18-19H,1-4H2. The first kappa shape index (κ1) is 14.3. The zero-order valence-electron chi connectivity index (χ0n) is 11.3. The van der Waals surface area contributed by atoms with Crippen LogP contribution in [0.25, 0.3) is 10.9 Å². The molecule has 0 radical (unpaired) electrons. The van der Waals surface area contributed by atoms with Crippen LogP contribution in [0.15, 0.2) is 24.4 Å². The Morgan fingerprint density at radius 1 is 1.24 bits per heavy atom. The highest BCUT2D eigenvalue weighted by Crippen LogP contribution is 2.26. The average molecular weight is 291 g/mol. The Labute approximate surface area is 121 Å². The van der Waals surface area contributed by atoms with Crippen LogP contribution in [0.1, 0.15) is 12.8 Å². The van der Waals surface area contributed by atoms with E-state index < -0.39 is 12.9 Å². The molecule has 0 saturated carbocycles. The fraction of sp³-hybridized carbons (Fsp3) is 0.357. The summed E-state index contributed by atoms with van der Waals surface area (Å²) in [5, 5.41) is 18.9. The van der Waals surface area contributed by atoms with Gasteiger partial charge in [-0.15, -0.1) is 0 Å². The molecule has 2 heterocycles. The molecule has 0 spiro atoms. The third-order valence-electron chi connectivity index (χ3n) is 3.52. The van der Waals surface area contributed by atoms with Crippen LogP contribution in [0.5, 0.6) is 5.75 Å². The number of fused-ring (bicyclic) bond motifs is 1. The van der Waals surface area contributed by atoms with Crippen molar-refractivity contribution in [3.05, 3.63) is 30.2 Å². The number of aromatic nitrogens is 1. The summed E-state index contributed by atoms with van der Waals surface area (Å²) in [6, 6.07) is 4.39. The van der Waals surface area contributed by atoms with Crippen molar-refractivity contribution in [3.63, 3.8) is 0 Å². The zero-order chi connectivity index (χ0) is 14.8. The molecule has 1 saturated heterocycles. The molecule has 1 fully saturated rings. The van der Waals surface area contributed by atoms with Gasteiger partial charge in [0, 0.05) is 36.0 Å². The van der Waals surface area contributed by atoms with E-state index in [-0.39, 0.29) is 17.3 Å². The Bertz CT molecular complexity index is 646. The van der Waals surface area contributed by atoms with Crippen molar-refractivity contribution in [1.82, 2.24) is 4.98 Å². The van der Waals surface area contributed by atoms with Crippen LogP contribution in [0.4, 0.5) is 4.39 Å². The maximum Gasteiger partial charge on any atom is 0.490 e. The van der Waals surface area contributed by atoms with Crippen LogP contribution in [-0.4, -0.2) is 41.5 Å². The Balaban J connectivity index is 1.92.